The number of carbonyl (C=O) groups excluding carboxylic acids is 3. The SMILES string of the molecule is CC(=O)c1c[nH]c(C(=O)NCCCN2CCCC2=O)c1. The number of ketones is 1. The number of amides is 2. The van der Waals surface area contributed by atoms with E-state index in [0.717, 1.165) is 19.4 Å². The van der Waals surface area contributed by atoms with Gasteiger partial charge in [-0.25, -0.2) is 0 Å². The number of aromatic amines is 1. The molecule has 6 nitrogen and oxygen atoms in total. The summed E-state index contributed by atoms with van der Waals surface area (Å²) in [4.78, 5) is 38.9. The maximum atomic E-state index is 11.8. The van der Waals surface area contributed by atoms with E-state index < -0.39 is 0 Å². The minimum absolute atomic E-state index is 0.0761. The first-order chi connectivity index (χ1) is 9.58. The normalized spacial score (nSPS) is 14.7. The highest BCUT2D eigenvalue weighted by atomic mass is 16.2. The smallest absolute Gasteiger partial charge is 0.267 e. The molecule has 2 heterocycles. The number of H-pyrrole nitrogens is 1. The predicted molar refractivity (Wildman–Crippen MR) is 73.6 cm³/mol. The van der Waals surface area contributed by atoms with Crippen molar-refractivity contribution < 1.29 is 14.4 Å². The summed E-state index contributed by atoms with van der Waals surface area (Å²) >= 11 is 0. The average molecular weight is 277 g/mol. The van der Waals surface area contributed by atoms with E-state index in [-0.39, 0.29) is 17.6 Å². The van der Waals surface area contributed by atoms with Crippen LogP contribution in [0.2, 0.25) is 0 Å². The number of nitrogens with zero attached hydrogens (tertiary/aromatic N) is 1. The highest BCUT2D eigenvalue weighted by molar-refractivity contribution is 5.99. The van der Waals surface area contributed by atoms with E-state index in [1.165, 1.54) is 13.1 Å². The largest absolute Gasteiger partial charge is 0.356 e. The molecule has 0 atom stereocenters. The van der Waals surface area contributed by atoms with Gasteiger partial charge in [0.15, 0.2) is 5.78 Å². The summed E-state index contributed by atoms with van der Waals surface area (Å²) in [6.45, 7) is 3.48. The van der Waals surface area contributed by atoms with Crippen molar-refractivity contribution in [3.8, 4) is 0 Å². The Bertz CT molecular complexity index is 521. The van der Waals surface area contributed by atoms with Crippen LogP contribution in [0.25, 0.3) is 0 Å². The predicted octanol–water partition coefficient (Wildman–Crippen LogP) is 0.960. The number of likely N-dealkylation sites (tertiary alicyclic amines) is 1. The first-order valence-corrected chi connectivity index (χ1v) is 6.83. The van der Waals surface area contributed by atoms with Gasteiger partial charge in [-0.1, -0.05) is 0 Å². The zero-order chi connectivity index (χ0) is 14.5. The van der Waals surface area contributed by atoms with E-state index in [2.05, 4.69) is 10.3 Å². The number of Topliss-reactive ketones (excluding diaryl/α,β-unsaturated/α-hetero) is 1. The summed E-state index contributed by atoms with van der Waals surface area (Å²) in [5, 5.41) is 2.77. The second kappa shape index (κ2) is 6.36. The Hall–Kier alpha value is -2.11. The fraction of sp³-hybridized carbons (Fsp3) is 0.500. The molecule has 1 aliphatic heterocycles. The molecule has 6 heteroatoms. The maximum absolute atomic E-state index is 11.8. The lowest BCUT2D eigenvalue weighted by Gasteiger charge is -2.15. The number of rotatable bonds is 6. The molecule has 1 aliphatic rings. The standard InChI is InChI=1S/C14H19N3O3/c1-10(18)11-8-12(16-9-11)14(20)15-5-3-7-17-6-2-4-13(17)19/h8-9,16H,2-7H2,1H3,(H,15,20). The zero-order valence-corrected chi connectivity index (χ0v) is 11.6. The van der Waals surface area contributed by atoms with Gasteiger partial charge in [0.2, 0.25) is 5.91 Å². The van der Waals surface area contributed by atoms with Gasteiger partial charge >= 0.3 is 0 Å². The Labute approximate surface area is 117 Å². The molecule has 0 bridgehead atoms. The first-order valence-electron chi connectivity index (χ1n) is 6.83. The van der Waals surface area contributed by atoms with Gasteiger partial charge in [-0.3, -0.25) is 14.4 Å². The molecule has 0 unspecified atom stereocenters. The van der Waals surface area contributed by atoms with Crippen LogP contribution in [0.1, 0.15) is 47.0 Å². The lowest BCUT2D eigenvalue weighted by molar-refractivity contribution is -0.127. The molecular weight excluding hydrogens is 258 g/mol. The van der Waals surface area contributed by atoms with Gasteiger partial charge in [0, 0.05) is 37.8 Å². The summed E-state index contributed by atoms with van der Waals surface area (Å²) in [6, 6.07) is 1.54. The third-order valence-corrected chi connectivity index (χ3v) is 3.40. The second-order valence-corrected chi connectivity index (χ2v) is 4.95. The first kappa shape index (κ1) is 14.3. The quantitative estimate of drug-likeness (QED) is 0.600. The van der Waals surface area contributed by atoms with Crippen molar-refractivity contribution in [2.24, 2.45) is 0 Å². The Balaban J connectivity index is 1.72. The Morgan fingerprint density at radius 1 is 1.45 bits per heavy atom. The van der Waals surface area contributed by atoms with Gasteiger partial charge in [0.25, 0.3) is 5.91 Å². The molecule has 20 heavy (non-hydrogen) atoms. The van der Waals surface area contributed by atoms with Gasteiger partial charge in [-0.15, -0.1) is 0 Å². The molecule has 2 amide bonds. The van der Waals surface area contributed by atoms with Crippen molar-refractivity contribution in [3.05, 3.63) is 23.5 Å². The zero-order valence-electron chi connectivity index (χ0n) is 11.6. The van der Waals surface area contributed by atoms with Gasteiger partial charge in [0.1, 0.15) is 5.69 Å². The molecule has 0 aromatic carbocycles. The molecule has 2 rings (SSSR count). The van der Waals surface area contributed by atoms with Crippen LogP contribution in [-0.4, -0.2) is 47.1 Å². The maximum Gasteiger partial charge on any atom is 0.267 e. The number of hydrogen-bond acceptors (Lipinski definition) is 3. The van der Waals surface area contributed by atoms with Crippen LogP contribution in [0.15, 0.2) is 12.3 Å². The van der Waals surface area contributed by atoms with Crippen molar-refractivity contribution in [1.82, 2.24) is 15.2 Å². The molecule has 2 N–H and O–H groups in total. The van der Waals surface area contributed by atoms with Crippen molar-refractivity contribution in [2.75, 3.05) is 19.6 Å². The summed E-state index contributed by atoms with van der Waals surface area (Å²) in [7, 11) is 0. The summed E-state index contributed by atoms with van der Waals surface area (Å²) < 4.78 is 0. The van der Waals surface area contributed by atoms with Gasteiger partial charge in [-0.2, -0.15) is 0 Å². The Morgan fingerprint density at radius 2 is 2.25 bits per heavy atom. The molecule has 0 radical (unpaired) electrons. The van der Waals surface area contributed by atoms with Crippen LogP contribution < -0.4 is 5.32 Å². The van der Waals surface area contributed by atoms with Crippen LogP contribution in [-0.2, 0) is 4.79 Å². The Morgan fingerprint density at radius 3 is 2.85 bits per heavy atom. The summed E-state index contributed by atoms with van der Waals surface area (Å²) in [6.07, 6.45) is 3.84. The van der Waals surface area contributed by atoms with E-state index in [1.807, 2.05) is 4.90 Å². The van der Waals surface area contributed by atoms with Crippen LogP contribution >= 0.6 is 0 Å². The molecule has 0 saturated carbocycles. The highest BCUT2D eigenvalue weighted by Gasteiger charge is 2.19. The van der Waals surface area contributed by atoms with Crippen LogP contribution in [0.4, 0.5) is 0 Å². The molecule has 1 aromatic heterocycles. The highest BCUT2D eigenvalue weighted by Crippen LogP contribution is 2.09. The minimum atomic E-state index is -0.231. The molecule has 0 spiro atoms. The summed E-state index contributed by atoms with van der Waals surface area (Å²) in [5.41, 5.74) is 0.880. The average Bonchev–Trinajstić information content (AvgIpc) is 3.03. The Kier molecular flexibility index (Phi) is 4.55. The molecule has 1 saturated heterocycles. The molecule has 0 aliphatic carbocycles. The van der Waals surface area contributed by atoms with Gasteiger partial charge < -0.3 is 15.2 Å². The van der Waals surface area contributed by atoms with Crippen LogP contribution in [0, 0.1) is 0 Å². The van der Waals surface area contributed by atoms with E-state index in [9.17, 15) is 14.4 Å². The van der Waals surface area contributed by atoms with E-state index in [0.29, 0.717) is 30.8 Å². The number of aromatic nitrogens is 1. The van der Waals surface area contributed by atoms with Crippen LogP contribution in [0.5, 0.6) is 0 Å². The van der Waals surface area contributed by atoms with Gasteiger partial charge in [0.05, 0.1) is 0 Å². The molecule has 1 aromatic rings. The number of nitrogens with one attached hydrogen (secondary N) is 2. The van der Waals surface area contributed by atoms with Crippen molar-refractivity contribution in [2.45, 2.75) is 26.2 Å². The van der Waals surface area contributed by atoms with E-state index in [4.69, 9.17) is 0 Å². The molecule has 108 valence electrons. The lowest BCUT2D eigenvalue weighted by atomic mass is 10.2. The van der Waals surface area contributed by atoms with Crippen LogP contribution in [0.3, 0.4) is 0 Å². The van der Waals surface area contributed by atoms with Crippen molar-refractivity contribution >= 4 is 17.6 Å². The summed E-state index contributed by atoms with van der Waals surface area (Å²) in [5.74, 6) is -0.107. The molecular formula is C14H19N3O3. The lowest BCUT2D eigenvalue weighted by Crippen LogP contribution is -2.30. The topological polar surface area (TPSA) is 82.3 Å². The minimum Gasteiger partial charge on any atom is -0.356 e. The fourth-order valence-electron chi connectivity index (χ4n) is 2.24. The van der Waals surface area contributed by atoms with E-state index >= 15 is 0 Å². The fourth-order valence-corrected chi connectivity index (χ4v) is 2.24. The third kappa shape index (κ3) is 3.46. The van der Waals surface area contributed by atoms with Gasteiger partial charge in [-0.05, 0) is 25.8 Å². The van der Waals surface area contributed by atoms with Crippen molar-refractivity contribution in [3.63, 3.8) is 0 Å². The number of hydrogen-bond donors (Lipinski definition) is 2. The monoisotopic (exact) mass is 277 g/mol. The molecule has 1 fully saturated rings. The van der Waals surface area contributed by atoms with E-state index in [1.54, 1.807) is 6.07 Å². The second-order valence-electron chi connectivity index (χ2n) is 4.95. The third-order valence-electron chi connectivity index (χ3n) is 3.40. The number of carbonyl (C=O) groups is 3. The van der Waals surface area contributed by atoms with Crippen molar-refractivity contribution in [1.29, 1.82) is 0 Å².